The van der Waals surface area contributed by atoms with Gasteiger partial charge < -0.3 is 5.11 Å². The highest BCUT2D eigenvalue weighted by atomic mass is 19.4. The summed E-state index contributed by atoms with van der Waals surface area (Å²) in [6.07, 6.45) is -4.04. The van der Waals surface area contributed by atoms with Crippen molar-refractivity contribution in [2.24, 2.45) is 0 Å². The number of hydrogen-bond acceptors (Lipinski definition) is 1. The standard InChI is InChI=1S/C16H17F3O/c1-2-3-4-11-5-7-12-8-10-14(13(12)9-6-11)15(20)16(17,18)19/h5-10,15,20H,2-4H2,1H3. The predicted molar refractivity (Wildman–Crippen MR) is 72.7 cm³/mol. The number of aryl methyl sites for hydroxylation is 1. The zero-order valence-corrected chi connectivity index (χ0v) is 11.2. The van der Waals surface area contributed by atoms with Crippen molar-refractivity contribution in [2.45, 2.75) is 38.5 Å². The zero-order chi connectivity index (χ0) is 14.8. The molecule has 0 saturated heterocycles. The summed E-state index contributed by atoms with van der Waals surface area (Å²) in [5, 5.41) is 9.41. The fraction of sp³-hybridized carbons (Fsp3) is 0.375. The Labute approximate surface area is 116 Å². The molecule has 0 saturated carbocycles. The molecule has 0 aromatic heterocycles. The van der Waals surface area contributed by atoms with Crippen LogP contribution in [0.1, 0.15) is 37.0 Å². The molecule has 0 aromatic carbocycles. The number of aliphatic hydroxyl groups excluding tert-OH is 1. The summed E-state index contributed by atoms with van der Waals surface area (Å²) >= 11 is 0. The molecule has 1 unspecified atom stereocenters. The van der Waals surface area contributed by atoms with Crippen LogP contribution in [-0.2, 0) is 6.42 Å². The van der Waals surface area contributed by atoms with Crippen LogP contribution >= 0.6 is 0 Å². The molecule has 0 heterocycles. The molecule has 1 N–H and O–H groups in total. The van der Waals surface area contributed by atoms with E-state index in [1.165, 1.54) is 6.07 Å². The van der Waals surface area contributed by atoms with Gasteiger partial charge in [0.15, 0.2) is 6.10 Å². The van der Waals surface area contributed by atoms with Crippen molar-refractivity contribution in [1.82, 2.24) is 0 Å². The molecule has 0 fully saturated rings. The first kappa shape index (κ1) is 14.9. The quantitative estimate of drug-likeness (QED) is 0.859. The van der Waals surface area contributed by atoms with Crippen LogP contribution in [0, 0.1) is 0 Å². The first-order chi connectivity index (χ1) is 9.43. The highest BCUT2D eigenvalue weighted by Gasteiger charge is 2.40. The van der Waals surface area contributed by atoms with Crippen LogP contribution in [0.4, 0.5) is 13.2 Å². The van der Waals surface area contributed by atoms with E-state index in [1.807, 2.05) is 18.2 Å². The van der Waals surface area contributed by atoms with Crippen molar-refractivity contribution in [1.29, 1.82) is 0 Å². The van der Waals surface area contributed by atoms with Crippen LogP contribution < -0.4 is 0 Å². The minimum absolute atomic E-state index is 0.0786. The van der Waals surface area contributed by atoms with Gasteiger partial charge in [0, 0.05) is 0 Å². The third-order valence-corrected chi connectivity index (χ3v) is 3.43. The van der Waals surface area contributed by atoms with Gasteiger partial charge in [-0.05, 0) is 35.1 Å². The van der Waals surface area contributed by atoms with E-state index in [2.05, 4.69) is 6.92 Å². The number of alkyl halides is 3. The Morgan fingerprint density at radius 2 is 1.70 bits per heavy atom. The van der Waals surface area contributed by atoms with Crippen molar-refractivity contribution in [3.63, 3.8) is 0 Å². The molecule has 2 rings (SSSR count). The number of rotatable bonds is 4. The Kier molecular flexibility index (Phi) is 4.33. The molecule has 0 amide bonds. The average Bonchev–Trinajstić information content (AvgIpc) is 2.68. The van der Waals surface area contributed by atoms with Crippen LogP contribution in [0.15, 0.2) is 36.4 Å². The summed E-state index contributed by atoms with van der Waals surface area (Å²) in [6, 6.07) is 10.2. The Balaban J connectivity index is 2.37. The van der Waals surface area contributed by atoms with Gasteiger partial charge in [-0.3, -0.25) is 0 Å². The molecule has 0 aliphatic heterocycles. The number of hydrogen-bond donors (Lipinski definition) is 1. The second-order valence-electron chi connectivity index (χ2n) is 4.95. The van der Waals surface area contributed by atoms with Crippen LogP contribution in [0.2, 0.25) is 0 Å². The highest BCUT2D eigenvalue weighted by molar-refractivity contribution is 5.71. The van der Waals surface area contributed by atoms with E-state index in [0.717, 1.165) is 24.8 Å². The van der Waals surface area contributed by atoms with Gasteiger partial charge in [-0.25, -0.2) is 0 Å². The second kappa shape index (κ2) is 5.83. The summed E-state index contributed by atoms with van der Waals surface area (Å²) < 4.78 is 37.9. The Hall–Kier alpha value is -1.55. The summed E-state index contributed by atoms with van der Waals surface area (Å²) in [6.45, 7) is 2.09. The first-order valence-electron chi connectivity index (χ1n) is 6.70. The van der Waals surface area contributed by atoms with Gasteiger partial charge in [0.1, 0.15) is 0 Å². The molecular weight excluding hydrogens is 265 g/mol. The molecule has 0 radical (unpaired) electrons. The van der Waals surface area contributed by atoms with Crippen LogP contribution in [0.25, 0.3) is 11.1 Å². The molecule has 0 aromatic rings. The van der Waals surface area contributed by atoms with E-state index in [0.29, 0.717) is 11.1 Å². The lowest BCUT2D eigenvalue weighted by atomic mass is 10.1. The molecule has 108 valence electrons. The maximum Gasteiger partial charge on any atom is 0.418 e. The smallest absolute Gasteiger partial charge is 0.379 e. The molecule has 0 bridgehead atoms. The fourth-order valence-electron chi connectivity index (χ4n) is 2.27. The summed E-state index contributed by atoms with van der Waals surface area (Å²) in [5.41, 5.74) is 2.18. The van der Waals surface area contributed by atoms with Gasteiger partial charge in [0.25, 0.3) is 0 Å². The SMILES string of the molecule is CCCCc1ccc2ccc(C(O)C(F)(F)F)c-2cc1. The van der Waals surface area contributed by atoms with Crippen LogP contribution in [-0.4, -0.2) is 11.3 Å². The second-order valence-corrected chi connectivity index (χ2v) is 4.95. The molecule has 20 heavy (non-hydrogen) atoms. The third kappa shape index (κ3) is 3.12. The highest BCUT2D eigenvalue weighted by Crippen LogP contribution is 2.39. The van der Waals surface area contributed by atoms with Gasteiger partial charge >= 0.3 is 6.18 Å². The maximum absolute atomic E-state index is 12.6. The molecule has 2 aliphatic carbocycles. The summed E-state index contributed by atoms with van der Waals surface area (Å²) in [5.74, 6) is 0. The van der Waals surface area contributed by atoms with Crippen LogP contribution in [0.5, 0.6) is 0 Å². The zero-order valence-electron chi connectivity index (χ0n) is 11.2. The van der Waals surface area contributed by atoms with Gasteiger partial charge in [-0.1, -0.05) is 49.7 Å². The minimum Gasteiger partial charge on any atom is -0.379 e. The van der Waals surface area contributed by atoms with E-state index in [9.17, 15) is 18.3 Å². The third-order valence-electron chi connectivity index (χ3n) is 3.43. The summed E-state index contributed by atoms with van der Waals surface area (Å²) in [7, 11) is 0. The summed E-state index contributed by atoms with van der Waals surface area (Å²) in [4.78, 5) is 0. The Morgan fingerprint density at radius 1 is 1.05 bits per heavy atom. The fourth-order valence-corrected chi connectivity index (χ4v) is 2.27. The lowest BCUT2D eigenvalue weighted by molar-refractivity contribution is -0.206. The van der Waals surface area contributed by atoms with Crippen LogP contribution in [0.3, 0.4) is 0 Å². The van der Waals surface area contributed by atoms with Gasteiger partial charge in [0.2, 0.25) is 0 Å². The van der Waals surface area contributed by atoms with Gasteiger partial charge in [-0.2, -0.15) is 13.2 Å². The number of halogens is 3. The van der Waals surface area contributed by atoms with Crippen molar-refractivity contribution in [3.8, 4) is 11.1 Å². The average molecular weight is 282 g/mol. The van der Waals surface area contributed by atoms with Gasteiger partial charge in [0.05, 0.1) is 0 Å². The molecule has 1 nitrogen and oxygen atoms in total. The van der Waals surface area contributed by atoms with E-state index in [-0.39, 0.29) is 5.56 Å². The number of aliphatic hydroxyl groups is 1. The van der Waals surface area contributed by atoms with E-state index >= 15 is 0 Å². The Bertz CT molecular complexity index is 548. The van der Waals surface area contributed by atoms with E-state index < -0.39 is 12.3 Å². The largest absolute Gasteiger partial charge is 0.418 e. The lowest BCUT2D eigenvalue weighted by Crippen LogP contribution is -2.20. The first-order valence-corrected chi connectivity index (χ1v) is 6.70. The van der Waals surface area contributed by atoms with E-state index in [1.54, 1.807) is 12.1 Å². The number of fused-ring (bicyclic) bond motifs is 1. The molecule has 4 heteroatoms. The topological polar surface area (TPSA) is 20.2 Å². The molecule has 2 aliphatic rings. The van der Waals surface area contributed by atoms with Crippen molar-refractivity contribution < 1.29 is 18.3 Å². The number of unbranched alkanes of at least 4 members (excludes halogenated alkanes) is 1. The van der Waals surface area contributed by atoms with Crippen molar-refractivity contribution in [3.05, 3.63) is 47.5 Å². The maximum atomic E-state index is 12.6. The lowest BCUT2D eigenvalue weighted by Gasteiger charge is -2.14. The molecule has 0 spiro atoms. The van der Waals surface area contributed by atoms with E-state index in [4.69, 9.17) is 0 Å². The molecule has 1 atom stereocenters. The van der Waals surface area contributed by atoms with Crippen molar-refractivity contribution >= 4 is 0 Å². The normalized spacial score (nSPS) is 13.7. The predicted octanol–water partition coefficient (Wildman–Crippen LogP) is 4.73. The van der Waals surface area contributed by atoms with Crippen molar-refractivity contribution in [2.75, 3.05) is 0 Å². The minimum atomic E-state index is -4.64. The Morgan fingerprint density at radius 3 is 2.35 bits per heavy atom. The van der Waals surface area contributed by atoms with Gasteiger partial charge in [-0.15, -0.1) is 0 Å². The molecular formula is C16H17F3O. The monoisotopic (exact) mass is 282 g/mol.